The fourth-order valence-electron chi connectivity index (χ4n) is 1.83. The van der Waals surface area contributed by atoms with Crippen molar-refractivity contribution in [3.8, 4) is 0 Å². The van der Waals surface area contributed by atoms with Crippen LogP contribution in [-0.2, 0) is 4.79 Å². The van der Waals surface area contributed by atoms with Gasteiger partial charge in [-0.25, -0.2) is 0 Å². The molecule has 110 valence electrons. The van der Waals surface area contributed by atoms with Crippen LogP contribution in [0.3, 0.4) is 0 Å². The number of hydrogen-bond acceptors (Lipinski definition) is 2. The van der Waals surface area contributed by atoms with Gasteiger partial charge in [-0.1, -0.05) is 17.7 Å². The van der Waals surface area contributed by atoms with E-state index in [9.17, 15) is 4.79 Å². The summed E-state index contributed by atoms with van der Waals surface area (Å²) in [6.45, 7) is 5.99. The minimum absolute atomic E-state index is 0.00166. The van der Waals surface area contributed by atoms with Crippen LogP contribution >= 0.6 is 23.4 Å². The number of carbonyl (C=O) groups excluding carboxylic acids is 1. The van der Waals surface area contributed by atoms with E-state index in [1.165, 1.54) is 22.9 Å². The van der Waals surface area contributed by atoms with E-state index in [-0.39, 0.29) is 11.2 Å². The minimum Gasteiger partial charge on any atom is -0.325 e. The molecule has 1 atom stereocenters. The largest absolute Gasteiger partial charge is 0.325 e. The topological polar surface area (TPSA) is 29.1 Å². The Kier molecular flexibility index (Phi) is 5.32. The smallest absolute Gasteiger partial charge is 0.237 e. The summed E-state index contributed by atoms with van der Waals surface area (Å²) in [6.07, 6.45) is 0. The van der Waals surface area contributed by atoms with Crippen LogP contribution in [0.5, 0.6) is 0 Å². The number of nitrogens with one attached hydrogen (secondary N) is 1. The molecule has 0 aromatic heterocycles. The predicted molar refractivity (Wildman–Crippen MR) is 91.3 cm³/mol. The summed E-state index contributed by atoms with van der Waals surface area (Å²) in [5.41, 5.74) is 3.23. The highest BCUT2D eigenvalue weighted by atomic mass is 35.5. The zero-order chi connectivity index (χ0) is 15.4. The van der Waals surface area contributed by atoms with Gasteiger partial charge in [0.2, 0.25) is 5.91 Å². The summed E-state index contributed by atoms with van der Waals surface area (Å²) in [5, 5.41) is 3.48. The molecule has 0 saturated carbocycles. The van der Waals surface area contributed by atoms with Gasteiger partial charge in [-0.3, -0.25) is 4.79 Å². The van der Waals surface area contributed by atoms with Crippen molar-refractivity contribution in [2.24, 2.45) is 0 Å². The van der Waals surface area contributed by atoms with Crippen LogP contribution in [-0.4, -0.2) is 11.2 Å². The zero-order valence-electron chi connectivity index (χ0n) is 12.3. The molecule has 0 aliphatic heterocycles. The Hall–Kier alpha value is -1.45. The van der Waals surface area contributed by atoms with Crippen molar-refractivity contribution in [1.29, 1.82) is 0 Å². The fourth-order valence-corrected chi connectivity index (χ4v) is 2.83. The van der Waals surface area contributed by atoms with E-state index < -0.39 is 0 Å². The highest BCUT2D eigenvalue weighted by Crippen LogP contribution is 2.25. The second kappa shape index (κ2) is 7.01. The minimum atomic E-state index is -0.173. The van der Waals surface area contributed by atoms with Crippen LogP contribution in [0.15, 0.2) is 47.4 Å². The van der Waals surface area contributed by atoms with Gasteiger partial charge in [-0.2, -0.15) is 0 Å². The molecule has 0 saturated heterocycles. The molecule has 4 heteroatoms. The highest BCUT2D eigenvalue weighted by Gasteiger charge is 2.14. The quantitative estimate of drug-likeness (QED) is 0.796. The van der Waals surface area contributed by atoms with E-state index >= 15 is 0 Å². The van der Waals surface area contributed by atoms with Gasteiger partial charge in [0.1, 0.15) is 0 Å². The number of carbonyl (C=O) groups is 1. The Morgan fingerprint density at radius 3 is 2.38 bits per heavy atom. The fraction of sp³-hybridized carbons (Fsp3) is 0.235. The van der Waals surface area contributed by atoms with Crippen molar-refractivity contribution in [2.45, 2.75) is 30.9 Å². The van der Waals surface area contributed by atoms with Crippen LogP contribution < -0.4 is 5.32 Å². The third kappa shape index (κ3) is 4.51. The first-order valence-corrected chi connectivity index (χ1v) is 8.02. The standard InChI is InChI=1S/C17H18ClNOS/c1-11-4-7-15(10-12(11)2)19-17(20)13(3)21-16-8-5-14(18)6-9-16/h4-10,13H,1-3H3,(H,19,20)/t13-/m0/s1. The number of hydrogen-bond donors (Lipinski definition) is 1. The number of anilines is 1. The average molecular weight is 320 g/mol. The summed E-state index contributed by atoms with van der Waals surface area (Å²) in [4.78, 5) is 13.3. The van der Waals surface area contributed by atoms with Crippen LogP contribution in [0.4, 0.5) is 5.69 Å². The first-order chi connectivity index (χ1) is 9.95. The highest BCUT2D eigenvalue weighted by molar-refractivity contribution is 8.00. The maximum atomic E-state index is 12.2. The molecule has 0 fully saturated rings. The normalized spacial score (nSPS) is 12.0. The van der Waals surface area contributed by atoms with Crippen molar-refractivity contribution in [3.05, 3.63) is 58.6 Å². The molecule has 2 aromatic rings. The predicted octanol–water partition coefficient (Wildman–Crippen LogP) is 5.08. The van der Waals surface area contributed by atoms with Crippen molar-refractivity contribution >= 4 is 35.0 Å². The number of amides is 1. The molecule has 0 heterocycles. The molecule has 2 aromatic carbocycles. The lowest BCUT2D eigenvalue weighted by molar-refractivity contribution is -0.115. The van der Waals surface area contributed by atoms with Crippen molar-refractivity contribution < 1.29 is 4.79 Å². The molecular weight excluding hydrogens is 302 g/mol. The van der Waals surface area contributed by atoms with E-state index in [2.05, 4.69) is 12.2 Å². The van der Waals surface area contributed by atoms with Gasteiger partial charge >= 0.3 is 0 Å². The van der Waals surface area contributed by atoms with E-state index in [0.29, 0.717) is 5.02 Å². The van der Waals surface area contributed by atoms with E-state index in [4.69, 9.17) is 11.6 Å². The monoisotopic (exact) mass is 319 g/mol. The first kappa shape index (κ1) is 15.9. The average Bonchev–Trinajstić information content (AvgIpc) is 2.45. The third-order valence-corrected chi connectivity index (χ3v) is 4.63. The Labute approximate surface area is 134 Å². The van der Waals surface area contributed by atoms with Crippen LogP contribution in [0.1, 0.15) is 18.1 Å². The lowest BCUT2D eigenvalue weighted by Crippen LogP contribution is -2.22. The van der Waals surface area contributed by atoms with Crippen molar-refractivity contribution in [1.82, 2.24) is 0 Å². The van der Waals surface area contributed by atoms with E-state index in [1.54, 1.807) is 0 Å². The molecule has 21 heavy (non-hydrogen) atoms. The Morgan fingerprint density at radius 2 is 1.76 bits per heavy atom. The summed E-state index contributed by atoms with van der Waals surface area (Å²) < 4.78 is 0. The van der Waals surface area contributed by atoms with Crippen LogP contribution in [0.2, 0.25) is 5.02 Å². The van der Waals surface area contributed by atoms with Gasteiger partial charge in [-0.05, 0) is 68.3 Å². The Balaban J connectivity index is 1.98. The van der Waals surface area contributed by atoms with E-state index in [1.807, 2.05) is 56.3 Å². The van der Waals surface area contributed by atoms with Gasteiger partial charge in [0.05, 0.1) is 5.25 Å². The maximum absolute atomic E-state index is 12.2. The zero-order valence-corrected chi connectivity index (χ0v) is 13.9. The molecule has 1 N–H and O–H groups in total. The molecule has 0 aliphatic rings. The first-order valence-electron chi connectivity index (χ1n) is 6.76. The number of aryl methyl sites for hydroxylation is 2. The molecule has 2 rings (SSSR count). The van der Waals surface area contributed by atoms with Gasteiger partial charge in [-0.15, -0.1) is 11.8 Å². The van der Waals surface area contributed by atoms with Crippen LogP contribution in [0.25, 0.3) is 0 Å². The molecule has 0 unspecified atom stereocenters. The SMILES string of the molecule is Cc1ccc(NC(=O)[C@H](C)Sc2ccc(Cl)cc2)cc1C. The lowest BCUT2D eigenvalue weighted by atomic mass is 10.1. The molecule has 2 nitrogen and oxygen atoms in total. The number of benzene rings is 2. The van der Waals surface area contributed by atoms with Crippen molar-refractivity contribution in [2.75, 3.05) is 5.32 Å². The van der Waals surface area contributed by atoms with Crippen molar-refractivity contribution in [3.63, 3.8) is 0 Å². The van der Waals surface area contributed by atoms with E-state index in [0.717, 1.165) is 10.6 Å². The number of rotatable bonds is 4. The second-order valence-corrected chi connectivity index (χ2v) is 6.85. The lowest BCUT2D eigenvalue weighted by Gasteiger charge is -2.13. The molecule has 0 spiro atoms. The molecule has 0 radical (unpaired) electrons. The summed E-state index contributed by atoms with van der Waals surface area (Å²) >= 11 is 7.37. The van der Waals surface area contributed by atoms with Crippen LogP contribution in [0, 0.1) is 13.8 Å². The van der Waals surface area contributed by atoms with Gasteiger partial charge < -0.3 is 5.32 Å². The van der Waals surface area contributed by atoms with Gasteiger partial charge in [0, 0.05) is 15.6 Å². The number of halogens is 1. The maximum Gasteiger partial charge on any atom is 0.237 e. The summed E-state index contributed by atoms with van der Waals surface area (Å²) in [6, 6.07) is 13.4. The van der Waals surface area contributed by atoms with Gasteiger partial charge in [0.15, 0.2) is 0 Å². The Bertz CT molecular complexity index is 640. The molecule has 0 bridgehead atoms. The summed E-state index contributed by atoms with van der Waals surface area (Å²) in [7, 11) is 0. The summed E-state index contributed by atoms with van der Waals surface area (Å²) in [5.74, 6) is -0.00166. The Morgan fingerprint density at radius 1 is 1.10 bits per heavy atom. The molecule has 0 aliphatic carbocycles. The third-order valence-electron chi connectivity index (χ3n) is 3.27. The molecular formula is C17H18ClNOS. The van der Waals surface area contributed by atoms with Gasteiger partial charge in [0.25, 0.3) is 0 Å². The molecule has 1 amide bonds. The number of thioether (sulfide) groups is 1. The second-order valence-electron chi connectivity index (χ2n) is 5.00.